The van der Waals surface area contributed by atoms with E-state index in [1.54, 1.807) is 0 Å². The Morgan fingerprint density at radius 2 is 2.07 bits per heavy atom. The van der Waals surface area contributed by atoms with E-state index < -0.39 is 0 Å². The Kier molecular flexibility index (Phi) is 5.86. The SMILES string of the molecule is CC(C)SCC(NN)C1CCOCC1. The lowest BCUT2D eigenvalue weighted by atomic mass is 9.93. The van der Waals surface area contributed by atoms with Crippen LogP contribution in [0.3, 0.4) is 0 Å². The molecular formula is C10H22N2OS. The molecule has 1 unspecified atom stereocenters. The second-order valence-electron chi connectivity index (χ2n) is 4.11. The number of rotatable bonds is 5. The van der Waals surface area contributed by atoms with Crippen LogP contribution in [0.15, 0.2) is 0 Å². The number of hydrazine groups is 1. The van der Waals surface area contributed by atoms with Crippen LogP contribution in [0.1, 0.15) is 26.7 Å². The van der Waals surface area contributed by atoms with Gasteiger partial charge in [0.2, 0.25) is 0 Å². The first-order valence-corrected chi connectivity index (χ1v) is 6.44. The van der Waals surface area contributed by atoms with Crippen molar-refractivity contribution in [3.05, 3.63) is 0 Å². The van der Waals surface area contributed by atoms with Crippen molar-refractivity contribution in [2.45, 2.75) is 38.0 Å². The molecule has 84 valence electrons. The van der Waals surface area contributed by atoms with E-state index in [1.807, 2.05) is 11.8 Å². The first-order valence-electron chi connectivity index (χ1n) is 5.39. The van der Waals surface area contributed by atoms with Gasteiger partial charge in [-0.15, -0.1) is 0 Å². The molecule has 1 saturated heterocycles. The zero-order chi connectivity index (χ0) is 10.4. The van der Waals surface area contributed by atoms with Gasteiger partial charge in [-0.3, -0.25) is 11.3 Å². The van der Waals surface area contributed by atoms with Gasteiger partial charge in [0.25, 0.3) is 0 Å². The normalized spacial score (nSPS) is 21.4. The molecule has 1 atom stereocenters. The lowest BCUT2D eigenvalue weighted by Gasteiger charge is -2.29. The van der Waals surface area contributed by atoms with Crippen molar-refractivity contribution in [1.82, 2.24) is 5.43 Å². The Balaban J connectivity index is 2.28. The van der Waals surface area contributed by atoms with Gasteiger partial charge in [-0.1, -0.05) is 13.8 Å². The summed E-state index contributed by atoms with van der Waals surface area (Å²) in [5.74, 6) is 7.39. The number of thioether (sulfide) groups is 1. The minimum absolute atomic E-state index is 0.450. The van der Waals surface area contributed by atoms with Gasteiger partial charge in [0.05, 0.1) is 0 Å². The molecular weight excluding hydrogens is 196 g/mol. The smallest absolute Gasteiger partial charge is 0.0469 e. The lowest BCUT2D eigenvalue weighted by Crippen LogP contribution is -2.44. The second kappa shape index (κ2) is 6.67. The molecule has 0 bridgehead atoms. The topological polar surface area (TPSA) is 47.3 Å². The van der Waals surface area contributed by atoms with Gasteiger partial charge in [-0.2, -0.15) is 11.8 Å². The predicted octanol–water partition coefficient (Wildman–Crippen LogP) is 1.39. The maximum Gasteiger partial charge on any atom is 0.0469 e. The van der Waals surface area contributed by atoms with Crippen LogP contribution in [0.5, 0.6) is 0 Å². The number of hydrogen-bond donors (Lipinski definition) is 2. The van der Waals surface area contributed by atoms with E-state index in [2.05, 4.69) is 19.3 Å². The number of hydrogen-bond acceptors (Lipinski definition) is 4. The number of nitrogens with one attached hydrogen (secondary N) is 1. The molecule has 0 aromatic rings. The van der Waals surface area contributed by atoms with Crippen LogP contribution in [0.4, 0.5) is 0 Å². The maximum absolute atomic E-state index is 5.59. The summed E-state index contributed by atoms with van der Waals surface area (Å²) in [7, 11) is 0. The van der Waals surface area contributed by atoms with E-state index >= 15 is 0 Å². The molecule has 0 spiro atoms. The number of nitrogens with two attached hydrogens (primary N) is 1. The van der Waals surface area contributed by atoms with Crippen molar-refractivity contribution < 1.29 is 4.74 Å². The Bertz CT molecular complexity index is 149. The lowest BCUT2D eigenvalue weighted by molar-refractivity contribution is 0.0566. The van der Waals surface area contributed by atoms with E-state index in [4.69, 9.17) is 10.6 Å². The van der Waals surface area contributed by atoms with Crippen molar-refractivity contribution in [3.8, 4) is 0 Å². The molecule has 1 fully saturated rings. The molecule has 1 aliphatic heterocycles. The van der Waals surface area contributed by atoms with Gasteiger partial charge in [-0.05, 0) is 24.0 Å². The average Bonchev–Trinajstić information content (AvgIpc) is 2.20. The summed E-state index contributed by atoms with van der Waals surface area (Å²) in [4.78, 5) is 0. The maximum atomic E-state index is 5.59. The number of ether oxygens (including phenoxy) is 1. The molecule has 0 aliphatic carbocycles. The van der Waals surface area contributed by atoms with Crippen molar-refractivity contribution in [2.24, 2.45) is 11.8 Å². The Labute approximate surface area is 91.1 Å². The fourth-order valence-electron chi connectivity index (χ4n) is 1.73. The summed E-state index contributed by atoms with van der Waals surface area (Å²) in [6.45, 7) is 6.24. The molecule has 1 aliphatic rings. The Hall–Kier alpha value is 0.230. The Morgan fingerprint density at radius 3 is 2.57 bits per heavy atom. The third-order valence-electron chi connectivity index (χ3n) is 2.66. The summed E-state index contributed by atoms with van der Waals surface area (Å²) in [6, 6.07) is 0.450. The highest BCUT2D eigenvalue weighted by Crippen LogP contribution is 2.22. The van der Waals surface area contributed by atoms with Gasteiger partial charge in [0, 0.05) is 25.0 Å². The van der Waals surface area contributed by atoms with Crippen LogP contribution in [-0.2, 0) is 4.74 Å². The van der Waals surface area contributed by atoms with E-state index in [1.165, 1.54) is 0 Å². The fourth-order valence-corrected chi connectivity index (χ4v) is 2.70. The van der Waals surface area contributed by atoms with Gasteiger partial charge in [0.15, 0.2) is 0 Å². The summed E-state index contributed by atoms with van der Waals surface area (Å²) in [5.41, 5.74) is 2.95. The van der Waals surface area contributed by atoms with Crippen LogP contribution in [0, 0.1) is 5.92 Å². The molecule has 0 aromatic carbocycles. The molecule has 1 heterocycles. The van der Waals surface area contributed by atoms with E-state index in [0.29, 0.717) is 17.2 Å². The van der Waals surface area contributed by atoms with Crippen LogP contribution in [0.2, 0.25) is 0 Å². The quantitative estimate of drug-likeness (QED) is 0.541. The van der Waals surface area contributed by atoms with Gasteiger partial charge >= 0.3 is 0 Å². The van der Waals surface area contributed by atoms with Crippen LogP contribution < -0.4 is 11.3 Å². The molecule has 4 heteroatoms. The second-order valence-corrected chi connectivity index (χ2v) is 5.71. The first kappa shape index (κ1) is 12.3. The summed E-state index contributed by atoms with van der Waals surface area (Å²) < 4.78 is 5.34. The Morgan fingerprint density at radius 1 is 1.43 bits per heavy atom. The van der Waals surface area contributed by atoms with E-state index in [-0.39, 0.29) is 0 Å². The highest BCUT2D eigenvalue weighted by atomic mass is 32.2. The summed E-state index contributed by atoms with van der Waals surface area (Å²) in [6.07, 6.45) is 2.29. The van der Waals surface area contributed by atoms with Gasteiger partial charge in [-0.25, -0.2) is 0 Å². The largest absolute Gasteiger partial charge is 0.381 e. The minimum atomic E-state index is 0.450. The molecule has 0 radical (unpaired) electrons. The van der Waals surface area contributed by atoms with Gasteiger partial charge < -0.3 is 4.74 Å². The summed E-state index contributed by atoms with van der Waals surface area (Å²) >= 11 is 1.97. The van der Waals surface area contributed by atoms with Crippen molar-refractivity contribution in [3.63, 3.8) is 0 Å². The standard InChI is InChI=1S/C10H22N2OS/c1-8(2)14-7-10(12-11)9-3-5-13-6-4-9/h8-10,12H,3-7,11H2,1-2H3. The highest BCUT2D eigenvalue weighted by molar-refractivity contribution is 7.99. The van der Waals surface area contributed by atoms with Crippen molar-refractivity contribution >= 4 is 11.8 Å². The molecule has 3 N–H and O–H groups in total. The first-order chi connectivity index (χ1) is 6.74. The van der Waals surface area contributed by atoms with E-state index in [0.717, 1.165) is 31.8 Å². The molecule has 1 rings (SSSR count). The summed E-state index contributed by atoms with van der Waals surface area (Å²) in [5, 5.41) is 0.686. The molecule has 14 heavy (non-hydrogen) atoms. The van der Waals surface area contributed by atoms with Crippen molar-refractivity contribution in [1.29, 1.82) is 0 Å². The van der Waals surface area contributed by atoms with Crippen LogP contribution >= 0.6 is 11.8 Å². The van der Waals surface area contributed by atoms with Crippen LogP contribution in [-0.4, -0.2) is 30.3 Å². The van der Waals surface area contributed by atoms with Crippen molar-refractivity contribution in [2.75, 3.05) is 19.0 Å². The third-order valence-corrected chi connectivity index (χ3v) is 3.88. The molecule has 3 nitrogen and oxygen atoms in total. The zero-order valence-electron chi connectivity index (χ0n) is 9.16. The molecule has 0 aromatic heterocycles. The third kappa shape index (κ3) is 4.17. The van der Waals surface area contributed by atoms with E-state index in [9.17, 15) is 0 Å². The van der Waals surface area contributed by atoms with Gasteiger partial charge in [0.1, 0.15) is 0 Å². The fraction of sp³-hybridized carbons (Fsp3) is 1.00. The average molecular weight is 218 g/mol. The monoisotopic (exact) mass is 218 g/mol. The molecule has 0 saturated carbocycles. The van der Waals surface area contributed by atoms with Crippen LogP contribution in [0.25, 0.3) is 0 Å². The predicted molar refractivity (Wildman–Crippen MR) is 62.2 cm³/mol. The highest BCUT2D eigenvalue weighted by Gasteiger charge is 2.23. The zero-order valence-corrected chi connectivity index (χ0v) is 9.98. The molecule has 0 amide bonds. The minimum Gasteiger partial charge on any atom is -0.381 e.